The number of likely N-dealkylation sites (tertiary alicyclic amines) is 1. The Hall–Kier alpha value is -0.610. The largest absolute Gasteiger partial charge is 0.394 e. The first-order chi connectivity index (χ1) is 7.36. The predicted molar refractivity (Wildman–Crippen MR) is 63.9 cm³/mol. The fourth-order valence-corrected chi connectivity index (χ4v) is 1.97. The quantitative estimate of drug-likeness (QED) is 0.748. The number of carbonyl (C=O) groups is 1. The molecule has 94 valence electrons. The minimum absolute atomic E-state index is 0.0136. The Kier molecular flexibility index (Phi) is 4.33. The molecule has 4 nitrogen and oxygen atoms in total. The zero-order valence-electron chi connectivity index (χ0n) is 10.6. The van der Waals surface area contributed by atoms with E-state index in [1.54, 1.807) is 4.90 Å². The highest BCUT2D eigenvalue weighted by Crippen LogP contribution is 2.23. The van der Waals surface area contributed by atoms with Gasteiger partial charge in [-0.05, 0) is 18.3 Å². The van der Waals surface area contributed by atoms with Crippen molar-refractivity contribution in [2.24, 2.45) is 11.1 Å². The third-order valence-corrected chi connectivity index (χ3v) is 3.42. The summed E-state index contributed by atoms with van der Waals surface area (Å²) in [4.78, 5) is 13.8. The number of aliphatic hydroxyl groups is 1. The molecule has 0 saturated carbocycles. The van der Waals surface area contributed by atoms with Crippen LogP contribution in [-0.4, -0.2) is 41.1 Å². The Morgan fingerprint density at radius 3 is 2.69 bits per heavy atom. The fourth-order valence-electron chi connectivity index (χ4n) is 1.97. The topological polar surface area (TPSA) is 66.6 Å². The zero-order chi connectivity index (χ0) is 12.3. The molecule has 0 radical (unpaired) electrons. The van der Waals surface area contributed by atoms with Crippen LogP contribution in [0.4, 0.5) is 0 Å². The summed E-state index contributed by atoms with van der Waals surface area (Å²) < 4.78 is 0. The second-order valence-corrected chi connectivity index (χ2v) is 5.74. The number of nitrogens with zero attached hydrogens (tertiary/aromatic N) is 1. The van der Waals surface area contributed by atoms with Crippen molar-refractivity contribution in [1.82, 2.24) is 4.90 Å². The van der Waals surface area contributed by atoms with E-state index in [9.17, 15) is 4.79 Å². The molecule has 16 heavy (non-hydrogen) atoms. The number of nitrogens with two attached hydrogens (primary N) is 1. The van der Waals surface area contributed by atoms with Gasteiger partial charge in [-0.3, -0.25) is 4.79 Å². The molecule has 0 aromatic rings. The smallest absolute Gasteiger partial charge is 0.224 e. The molecule has 1 saturated heterocycles. The summed E-state index contributed by atoms with van der Waals surface area (Å²) in [6.07, 6.45) is 2.27. The molecular formula is C12H24N2O2. The highest BCUT2D eigenvalue weighted by Gasteiger charge is 2.31. The maximum Gasteiger partial charge on any atom is 0.224 e. The lowest BCUT2D eigenvalue weighted by Crippen LogP contribution is -2.44. The van der Waals surface area contributed by atoms with E-state index in [1.807, 2.05) is 20.8 Å². The summed E-state index contributed by atoms with van der Waals surface area (Å²) in [7, 11) is 0. The average Bonchev–Trinajstić information content (AvgIpc) is 2.63. The van der Waals surface area contributed by atoms with Crippen LogP contribution in [0.1, 0.15) is 40.0 Å². The van der Waals surface area contributed by atoms with E-state index in [0.717, 1.165) is 19.4 Å². The Balaban J connectivity index is 2.52. The van der Waals surface area contributed by atoms with Crippen molar-refractivity contribution in [2.75, 3.05) is 13.2 Å². The minimum atomic E-state index is -0.125. The van der Waals surface area contributed by atoms with E-state index in [1.165, 1.54) is 0 Å². The molecule has 1 fully saturated rings. The summed E-state index contributed by atoms with van der Waals surface area (Å²) in [6.45, 7) is 6.95. The van der Waals surface area contributed by atoms with Gasteiger partial charge in [0.25, 0.3) is 0 Å². The highest BCUT2D eigenvalue weighted by atomic mass is 16.3. The van der Waals surface area contributed by atoms with Gasteiger partial charge in [0, 0.05) is 19.0 Å². The van der Waals surface area contributed by atoms with Crippen LogP contribution in [0.3, 0.4) is 0 Å². The number of hydrogen-bond acceptors (Lipinski definition) is 3. The van der Waals surface area contributed by atoms with Crippen LogP contribution in [0.15, 0.2) is 0 Å². The lowest BCUT2D eigenvalue weighted by atomic mass is 9.85. The van der Waals surface area contributed by atoms with Crippen molar-refractivity contribution in [3.8, 4) is 0 Å². The van der Waals surface area contributed by atoms with Gasteiger partial charge in [0.05, 0.1) is 12.6 Å². The third-order valence-electron chi connectivity index (χ3n) is 3.42. The predicted octanol–water partition coefficient (Wildman–Crippen LogP) is 0.733. The number of rotatable bonds is 3. The second kappa shape index (κ2) is 5.15. The molecule has 3 N–H and O–H groups in total. The van der Waals surface area contributed by atoms with Crippen LogP contribution < -0.4 is 5.73 Å². The number of aliphatic hydroxyl groups excluding tert-OH is 1. The van der Waals surface area contributed by atoms with Gasteiger partial charge >= 0.3 is 0 Å². The van der Waals surface area contributed by atoms with Gasteiger partial charge in [-0.15, -0.1) is 0 Å². The van der Waals surface area contributed by atoms with Gasteiger partial charge in [-0.2, -0.15) is 0 Å². The average molecular weight is 228 g/mol. The van der Waals surface area contributed by atoms with E-state index >= 15 is 0 Å². The van der Waals surface area contributed by atoms with Crippen LogP contribution in [0.25, 0.3) is 0 Å². The van der Waals surface area contributed by atoms with Crippen LogP contribution in [0.5, 0.6) is 0 Å². The summed E-state index contributed by atoms with van der Waals surface area (Å²) >= 11 is 0. The first-order valence-electron chi connectivity index (χ1n) is 6.02. The first kappa shape index (κ1) is 13.5. The van der Waals surface area contributed by atoms with E-state index in [-0.39, 0.29) is 30.0 Å². The summed E-state index contributed by atoms with van der Waals surface area (Å²) in [5.41, 5.74) is 5.94. The fraction of sp³-hybridized carbons (Fsp3) is 0.917. The standard InChI is InChI=1S/C12H24N2O2/c1-12(2,3)10(13)7-11(16)14-6-4-5-9(14)8-15/h9-10,15H,4-8,13H2,1-3H3/t9-,10?/m1/s1. The molecule has 1 unspecified atom stereocenters. The minimum Gasteiger partial charge on any atom is -0.394 e. The van der Waals surface area contributed by atoms with Crippen LogP contribution in [-0.2, 0) is 4.79 Å². The van der Waals surface area contributed by atoms with Crippen molar-refractivity contribution in [3.05, 3.63) is 0 Å². The molecule has 1 aliphatic rings. The van der Waals surface area contributed by atoms with Crippen molar-refractivity contribution < 1.29 is 9.90 Å². The highest BCUT2D eigenvalue weighted by molar-refractivity contribution is 5.77. The molecule has 4 heteroatoms. The molecule has 1 amide bonds. The molecule has 0 spiro atoms. The number of amides is 1. The van der Waals surface area contributed by atoms with Gasteiger partial charge in [-0.1, -0.05) is 20.8 Å². The maximum atomic E-state index is 12.0. The molecule has 1 rings (SSSR count). The van der Waals surface area contributed by atoms with E-state index < -0.39 is 0 Å². The molecule has 1 heterocycles. The molecular weight excluding hydrogens is 204 g/mol. The lowest BCUT2D eigenvalue weighted by Gasteiger charge is -2.30. The molecule has 0 aromatic heterocycles. The number of hydrogen-bond donors (Lipinski definition) is 2. The third kappa shape index (κ3) is 3.19. The van der Waals surface area contributed by atoms with Gasteiger partial charge in [0.2, 0.25) is 5.91 Å². The van der Waals surface area contributed by atoms with Crippen molar-refractivity contribution in [1.29, 1.82) is 0 Å². The Morgan fingerprint density at radius 1 is 1.56 bits per heavy atom. The molecule has 0 bridgehead atoms. The Bertz CT molecular complexity index is 248. The summed E-state index contributed by atoms with van der Waals surface area (Å²) in [5.74, 6) is 0.0824. The Morgan fingerprint density at radius 2 is 2.19 bits per heavy atom. The summed E-state index contributed by atoms with van der Waals surface area (Å²) in [6, 6.07) is -0.111. The van der Waals surface area contributed by atoms with Crippen LogP contribution in [0, 0.1) is 5.41 Å². The zero-order valence-corrected chi connectivity index (χ0v) is 10.6. The molecule has 0 aliphatic carbocycles. The monoisotopic (exact) mass is 228 g/mol. The summed E-state index contributed by atoms with van der Waals surface area (Å²) in [5, 5.41) is 9.15. The van der Waals surface area contributed by atoms with E-state index in [0.29, 0.717) is 6.42 Å². The van der Waals surface area contributed by atoms with Crippen molar-refractivity contribution >= 4 is 5.91 Å². The SMILES string of the molecule is CC(C)(C)C(N)CC(=O)N1CCC[C@@H]1CO. The van der Waals surface area contributed by atoms with Gasteiger partial charge < -0.3 is 15.7 Å². The Labute approximate surface area is 97.8 Å². The molecule has 1 aliphatic heterocycles. The first-order valence-corrected chi connectivity index (χ1v) is 6.02. The van der Waals surface area contributed by atoms with Crippen LogP contribution in [0.2, 0.25) is 0 Å². The van der Waals surface area contributed by atoms with Crippen LogP contribution >= 0.6 is 0 Å². The van der Waals surface area contributed by atoms with Gasteiger partial charge in [0.1, 0.15) is 0 Å². The van der Waals surface area contributed by atoms with Crippen molar-refractivity contribution in [3.63, 3.8) is 0 Å². The molecule has 0 aromatic carbocycles. The van der Waals surface area contributed by atoms with E-state index in [4.69, 9.17) is 10.8 Å². The van der Waals surface area contributed by atoms with Crippen molar-refractivity contribution in [2.45, 2.75) is 52.1 Å². The van der Waals surface area contributed by atoms with E-state index in [2.05, 4.69) is 0 Å². The maximum absolute atomic E-state index is 12.0. The normalized spacial score (nSPS) is 23.6. The van der Waals surface area contributed by atoms with Gasteiger partial charge in [0.15, 0.2) is 0 Å². The number of carbonyl (C=O) groups excluding carboxylic acids is 1. The van der Waals surface area contributed by atoms with Gasteiger partial charge in [-0.25, -0.2) is 0 Å². The second-order valence-electron chi connectivity index (χ2n) is 5.74. The lowest BCUT2D eigenvalue weighted by molar-refractivity contribution is -0.133. The molecule has 2 atom stereocenters.